The summed E-state index contributed by atoms with van der Waals surface area (Å²) in [6.07, 6.45) is 4.75. The lowest BCUT2D eigenvalue weighted by molar-refractivity contribution is 0.476. The number of pyridine rings is 1. The molecule has 0 aliphatic carbocycles. The van der Waals surface area contributed by atoms with Crippen LogP contribution in [0.2, 0.25) is 0 Å². The highest BCUT2D eigenvalue weighted by atomic mass is 79.9. The van der Waals surface area contributed by atoms with Crippen LogP contribution in [0.15, 0.2) is 53.3 Å². The molecule has 0 aliphatic rings. The zero-order valence-corrected chi connectivity index (χ0v) is 12.9. The van der Waals surface area contributed by atoms with Gasteiger partial charge < -0.3 is 5.32 Å². The molecule has 1 N–H and O–H groups in total. The van der Waals surface area contributed by atoms with E-state index in [0.717, 1.165) is 10.9 Å². The number of halogens is 1. The van der Waals surface area contributed by atoms with E-state index >= 15 is 0 Å². The molecule has 0 spiro atoms. The van der Waals surface area contributed by atoms with Crippen molar-refractivity contribution in [1.29, 1.82) is 0 Å². The van der Waals surface area contributed by atoms with Gasteiger partial charge in [-0.3, -0.25) is 4.98 Å². The average Bonchev–Trinajstić information content (AvgIpc) is 2.42. The number of nitrogens with zero attached hydrogens (tertiary/aromatic N) is 1. The first-order chi connectivity index (χ1) is 9.15. The maximum Gasteiger partial charge on any atom is 0.0315 e. The van der Waals surface area contributed by atoms with Gasteiger partial charge in [-0.1, -0.05) is 34.1 Å². The maximum absolute atomic E-state index is 4.16. The van der Waals surface area contributed by atoms with Crippen LogP contribution >= 0.6 is 15.9 Å². The molecule has 3 heteroatoms. The first kappa shape index (κ1) is 14.2. The summed E-state index contributed by atoms with van der Waals surface area (Å²) in [5, 5.41) is 3.61. The Morgan fingerprint density at radius 1 is 1.16 bits per heavy atom. The SMILES string of the molecule is CC(Cc1ccc(Br)cc1)N[C@@H](C)c1cccnc1. The van der Waals surface area contributed by atoms with Gasteiger partial charge in [-0.25, -0.2) is 0 Å². The molecule has 2 aromatic rings. The molecule has 0 amide bonds. The lowest BCUT2D eigenvalue weighted by Crippen LogP contribution is -2.30. The second-order valence-electron chi connectivity index (χ2n) is 4.91. The smallest absolute Gasteiger partial charge is 0.0315 e. The van der Waals surface area contributed by atoms with Gasteiger partial charge in [0.25, 0.3) is 0 Å². The predicted molar refractivity (Wildman–Crippen MR) is 83.1 cm³/mol. The van der Waals surface area contributed by atoms with Gasteiger partial charge in [-0.2, -0.15) is 0 Å². The molecule has 2 rings (SSSR count). The van der Waals surface area contributed by atoms with E-state index in [4.69, 9.17) is 0 Å². The van der Waals surface area contributed by atoms with Crippen molar-refractivity contribution in [1.82, 2.24) is 10.3 Å². The molecule has 1 aromatic carbocycles. The minimum atomic E-state index is 0.319. The van der Waals surface area contributed by atoms with Crippen molar-refractivity contribution in [3.8, 4) is 0 Å². The largest absolute Gasteiger partial charge is 0.307 e. The minimum absolute atomic E-state index is 0.319. The molecule has 0 bridgehead atoms. The van der Waals surface area contributed by atoms with Crippen LogP contribution in [0.4, 0.5) is 0 Å². The second kappa shape index (κ2) is 6.83. The third-order valence-corrected chi connectivity index (χ3v) is 3.70. The third kappa shape index (κ3) is 4.44. The Balaban J connectivity index is 1.90. The standard InChI is InChI=1S/C16H19BrN2/c1-12(10-14-5-7-16(17)8-6-14)19-13(2)15-4-3-9-18-11-15/h3-9,11-13,19H,10H2,1-2H3/t12?,13-/m0/s1. The Bertz CT molecular complexity index is 496. The van der Waals surface area contributed by atoms with Crippen molar-refractivity contribution in [3.05, 3.63) is 64.4 Å². The van der Waals surface area contributed by atoms with Gasteiger partial charge in [0.1, 0.15) is 0 Å². The van der Waals surface area contributed by atoms with Crippen LogP contribution in [0.5, 0.6) is 0 Å². The van der Waals surface area contributed by atoms with Crippen molar-refractivity contribution >= 4 is 15.9 Å². The fourth-order valence-corrected chi connectivity index (χ4v) is 2.45. The molecule has 1 unspecified atom stereocenters. The summed E-state index contributed by atoms with van der Waals surface area (Å²) in [4.78, 5) is 4.16. The summed E-state index contributed by atoms with van der Waals surface area (Å²) in [7, 11) is 0. The quantitative estimate of drug-likeness (QED) is 0.896. The zero-order chi connectivity index (χ0) is 13.7. The van der Waals surface area contributed by atoms with Crippen molar-refractivity contribution in [3.63, 3.8) is 0 Å². The molecule has 19 heavy (non-hydrogen) atoms. The molecule has 0 fully saturated rings. The van der Waals surface area contributed by atoms with Crippen molar-refractivity contribution in [2.75, 3.05) is 0 Å². The van der Waals surface area contributed by atoms with Gasteiger partial charge in [0.05, 0.1) is 0 Å². The number of aromatic nitrogens is 1. The Labute approximate surface area is 123 Å². The van der Waals surface area contributed by atoms with Crippen LogP contribution < -0.4 is 5.32 Å². The monoisotopic (exact) mass is 318 g/mol. The summed E-state index contributed by atoms with van der Waals surface area (Å²) in [6.45, 7) is 4.39. The fraction of sp³-hybridized carbons (Fsp3) is 0.312. The number of nitrogens with one attached hydrogen (secondary N) is 1. The normalized spacial score (nSPS) is 14.1. The van der Waals surface area contributed by atoms with E-state index in [-0.39, 0.29) is 0 Å². The van der Waals surface area contributed by atoms with Crippen LogP contribution in [-0.4, -0.2) is 11.0 Å². The third-order valence-electron chi connectivity index (χ3n) is 3.17. The Morgan fingerprint density at radius 2 is 1.89 bits per heavy atom. The van der Waals surface area contributed by atoms with E-state index in [2.05, 4.69) is 70.4 Å². The van der Waals surface area contributed by atoms with E-state index in [9.17, 15) is 0 Å². The lowest BCUT2D eigenvalue weighted by atomic mass is 10.0. The topological polar surface area (TPSA) is 24.9 Å². The first-order valence-corrected chi connectivity index (χ1v) is 7.35. The van der Waals surface area contributed by atoms with E-state index in [0.29, 0.717) is 12.1 Å². The summed E-state index contributed by atoms with van der Waals surface area (Å²) >= 11 is 3.46. The Hall–Kier alpha value is -1.19. The highest BCUT2D eigenvalue weighted by Gasteiger charge is 2.09. The Morgan fingerprint density at radius 3 is 2.53 bits per heavy atom. The molecule has 0 radical (unpaired) electrons. The average molecular weight is 319 g/mol. The molecule has 2 atom stereocenters. The molecule has 1 heterocycles. The minimum Gasteiger partial charge on any atom is -0.307 e. The molecule has 1 aromatic heterocycles. The van der Waals surface area contributed by atoms with E-state index in [1.54, 1.807) is 0 Å². The summed E-state index contributed by atoms with van der Waals surface area (Å²) in [6, 6.07) is 13.3. The molecular formula is C16H19BrN2. The van der Waals surface area contributed by atoms with Gasteiger partial charge in [-0.15, -0.1) is 0 Å². The number of rotatable bonds is 5. The van der Waals surface area contributed by atoms with Crippen LogP contribution in [0.25, 0.3) is 0 Å². The van der Waals surface area contributed by atoms with E-state index in [1.165, 1.54) is 11.1 Å². The Kier molecular flexibility index (Phi) is 5.11. The van der Waals surface area contributed by atoms with Crippen LogP contribution in [0.3, 0.4) is 0 Å². The fourth-order valence-electron chi connectivity index (χ4n) is 2.19. The maximum atomic E-state index is 4.16. The number of benzene rings is 1. The van der Waals surface area contributed by atoms with Crippen molar-refractivity contribution in [2.45, 2.75) is 32.4 Å². The van der Waals surface area contributed by atoms with Crippen LogP contribution in [0.1, 0.15) is 31.0 Å². The van der Waals surface area contributed by atoms with Gasteiger partial charge in [0, 0.05) is 29.0 Å². The zero-order valence-electron chi connectivity index (χ0n) is 11.3. The summed E-state index contributed by atoms with van der Waals surface area (Å²) < 4.78 is 1.13. The van der Waals surface area contributed by atoms with E-state index in [1.807, 2.05) is 18.5 Å². The highest BCUT2D eigenvalue weighted by Crippen LogP contribution is 2.14. The summed E-state index contributed by atoms with van der Waals surface area (Å²) in [5.74, 6) is 0. The van der Waals surface area contributed by atoms with Gasteiger partial charge in [0.2, 0.25) is 0 Å². The predicted octanol–water partition coefficient (Wildman–Crippen LogP) is 4.13. The molecule has 2 nitrogen and oxygen atoms in total. The van der Waals surface area contributed by atoms with Crippen LogP contribution in [0, 0.1) is 0 Å². The van der Waals surface area contributed by atoms with Gasteiger partial charge in [-0.05, 0) is 49.6 Å². The highest BCUT2D eigenvalue weighted by molar-refractivity contribution is 9.10. The number of hydrogen-bond acceptors (Lipinski definition) is 2. The van der Waals surface area contributed by atoms with Crippen LogP contribution in [-0.2, 0) is 6.42 Å². The molecular weight excluding hydrogens is 300 g/mol. The first-order valence-electron chi connectivity index (χ1n) is 6.55. The van der Waals surface area contributed by atoms with E-state index < -0.39 is 0 Å². The molecule has 0 saturated heterocycles. The van der Waals surface area contributed by atoms with Gasteiger partial charge >= 0.3 is 0 Å². The summed E-state index contributed by atoms with van der Waals surface area (Å²) in [5.41, 5.74) is 2.58. The molecule has 0 saturated carbocycles. The molecule has 100 valence electrons. The number of hydrogen-bond donors (Lipinski definition) is 1. The van der Waals surface area contributed by atoms with Gasteiger partial charge in [0.15, 0.2) is 0 Å². The molecule has 0 aliphatic heterocycles. The lowest BCUT2D eigenvalue weighted by Gasteiger charge is -2.20. The van der Waals surface area contributed by atoms with Crippen molar-refractivity contribution in [2.24, 2.45) is 0 Å². The second-order valence-corrected chi connectivity index (χ2v) is 5.82. The van der Waals surface area contributed by atoms with Crippen molar-refractivity contribution < 1.29 is 0 Å².